The van der Waals surface area contributed by atoms with Crippen molar-refractivity contribution in [1.82, 2.24) is 4.90 Å². The van der Waals surface area contributed by atoms with Gasteiger partial charge in [0.2, 0.25) is 0 Å². The predicted molar refractivity (Wildman–Crippen MR) is 77.4 cm³/mol. The van der Waals surface area contributed by atoms with Crippen molar-refractivity contribution >= 4 is 49.4 Å². The number of aliphatic hydroxyl groups is 1. The minimum atomic E-state index is -0.435. The Balaban J connectivity index is 2.18. The summed E-state index contributed by atoms with van der Waals surface area (Å²) in [6, 6.07) is 5.44. The van der Waals surface area contributed by atoms with Crippen molar-refractivity contribution in [2.24, 2.45) is 0 Å². The topological polar surface area (TPSA) is 69.6 Å². The summed E-state index contributed by atoms with van der Waals surface area (Å²) in [4.78, 5) is 24.5. The van der Waals surface area contributed by atoms with Gasteiger partial charge in [0.1, 0.15) is 5.70 Å². The summed E-state index contributed by atoms with van der Waals surface area (Å²) in [5.41, 5.74) is 0.878. The number of carbonyl (C=O) groups excluding carboxylic acids is 2. The molecule has 1 aromatic carbocycles. The summed E-state index contributed by atoms with van der Waals surface area (Å²) in [7, 11) is 0. The first-order chi connectivity index (χ1) is 9.01. The second-order valence-electron chi connectivity index (χ2n) is 3.86. The van der Waals surface area contributed by atoms with E-state index < -0.39 is 11.8 Å². The molecule has 2 rings (SSSR count). The highest BCUT2D eigenvalue weighted by Gasteiger charge is 2.30. The Morgan fingerprint density at radius 3 is 2.37 bits per heavy atom. The molecule has 0 spiro atoms. The second-order valence-corrected chi connectivity index (χ2v) is 5.69. The second kappa shape index (κ2) is 5.85. The van der Waals surface area contributed by atoms with Gasteiger partial charge in [0.05, 0.1) is 13.2 Å². The van der Waals surface area contributed by atoms with Crippen molar-refractivity contribution in [1.29, 1.82) is 0 Å². The highest BCUT2D eigenvalue weighted by Crippen LogP contribution is 2.25. The van der Waals surface area contributed by atoms with Gasteiger partial charge in [0, 0.05) is 20.7 Å². The molecular weight excluding hydrogens is 380 g/mol. The molecule has 2 N–H and O–H groups in total. The maximum absolute atomic E-state index is 11.9. The fraction of sp³-hybridized carbons (Fsp3) is 0.167. The average Bonchev–Trinajstić information content (AvgIpc) is 2.56. The summed E-state index contributed by atoms with van der Waals surface area (Å²) < 4.78 is 1.68. The third kappa shape index (κ3) is 3.23. The number of anilines is 1. The van der Waals surface area contributed by atoms with E-state index >= 15 is 0 Å². The molecule has 0 aliphatic carbocycles. The first-order valence-corrected chi connectivity index (χ1v) is 7.01. The Hall–Kier alpha value is -1.18. The molecule has 1 aliphatic heterocycles. The number of hydrogen-bond donors (Lipinski definition) is 2. The summed E-state index contributed by atoms with van der Waals surface area (Å²) in [6.07, 6.45) is 1.23. The van der Waals surface area contributed by atoms with Crippen LogP contribution < -0.4 is 5.32 Å². The van der Waals surface area contributed by atoms with Crippen LogP contribution in [0.25, 0.3) is 0 Å². The van der Waals surface area contributed by atoms with Gasteiger partial charge in [-0.2, -0.15) is 0 Å². The lowest BCUT2D eigenvalue weighted by Gasteiger charge is -2.13. The van der Waals surface area contributed by atoms with Crippen molar-refractivity contribution in [2.75, 3.05) is 18.5 Å². The Morgan fingerprint density at radius 1 is 1.16 bits per heavy atom. The van der Waals surface area contributed by atoms with Gasteiger partial charge >= 0.3 is 0 Å². The third-order valence-electron chi connectivity index (χ3n) is 2.47. The summed E-state index contributed by atoms with van der Waals surface area (Å²) in [5, 5.41) is 11.7. The zero-order valence-electron chi connectivity index (χ0n) is 9.69. The number of halogens is 2. The van der Waals surface area contributed by atoms with Crippen molar-refractivity contribution in [3.05, 3.63) is 38.9 Å². The first-order valence-electron chi connectivity index (χ1n) is 5.43. The zero-order valence-corrected chi connectivity index (χ0v) is 12.9. The van der Waals surface area contributed by atoms with Gasteiger partial charge in [0.25, 0.3) is 11.8 Å². The quantitative estimate of drug-likeness (QED) is 0.771. The maximum atomic E-state index is 11.9. The van der Waals surface area contributed by atoms with Crippen LogP contribution >= 0.6 is 31.9 Å². The monoisotopic (exact) mass is 388 g/mol. The van der Waals surface area contributed by atoms with E-state index in [0.717, 1.165) is 13.8 Å². The number of aliphatic hydroxyl groups excluding tert-OH is 1. The van der Waals surface area contributed by atoms with E-state index in [1.54, 1.807) is 12.1 Å². The maximum Gasteiger partial charge on any atom is 0.277 e. The number of carbonyl (C=O) groups is 2. The summed E-state index contributed by atoms with van der Waals surface area (Å²) >= 11 is 6.68. The average molecular weight is 390 g/mol. The van der Waals surface area contributed by atoms with E-state index in [1.807, 2.05) is 6.07 Å². The minimum Gasteiger partial charge on any atom is -0.395 e. The molecule has 7 heteroatoms. The van der Waals surface area contributed by atoms with E-state index in [-0.39, 0.29) is 18.8 Å². The van der Waals surface area contributed by atoms with Crippen molar-refractivity contribution in [2.45, 2.75) is 0 Å². The predicted octanol–water partition coefficient (Wildman–Crippen LogP) is 1.87. The van der Waals surface area contributed by atoms with Gasteiger partial charge in [-0.3, -0.25) is 14.5 Å². The van der Waals surface area contributed by atoms with Gasteiger partial charge in [0.15, 0.2) is 0 Å². The molecule has 0 bridgehead atoms. The van der Waals surface area contributed by atoms with Crippen molar-refractivity contribution < 1.29 is 14.7 Å². The van der Waals surface area contributed by atoms with Gasteiger partial charge in [-0.25, -0.2) is 0 Å². The molecule has 0 radical (unpaired) electrons. The standard InChI is InChI=1S/C12H10Br2N2O3/c13-7-3-8(14)5-9(4-7)15-10-6-11(18)16(1-2-17)12(10)19/h3-6,15,17H,1-2H2. The molecule has 2 amide bonds. The number of β-amino-alcohol motifs (C(OH)–C–C–N with tert-alkyl or cyclic N) is 1. The number of amides is 2. The lowest BCUT2D eigenvalue weighted by molar-refractivity contribution is -0.137. The van der Waals surface area contributed by atoms with Crippen LogP contribution in [0.2, 0.25) is 0 Å². The van der Waals surface area contributed by atoms with Gasteiger partial charge < -0.3 is 10.4 Å². The molecule has 0 unspecified atom stereocenters. The van der Waals surface area contributed by atoms with Crippen LogP contribution in [0.5, 0.6) is 0 Å². The van der Waals surface area contributed by atoms with Crippen LogP contribution in [-0.2, 0) is 9.59 Å². The van der Waals surface area contributed by atoms with E-state index in [1.165, 1.54) is 6.08 Å². The fourth-order valence-electron chi connectivity index (χ4n) is 1.69. The highest BCUT2D eigenvalue weighted by molar-refractivity contribution is 9.11. The number of nitrogens with one attached hydrogen (secondary N) is 1. The Kier molecular flexibility index (Phi) is 4.38. The number of imide groups is 1. The zero-order chi connectivity index (χ0) is 14.0. The van der Waals surface area contributed by atoms with E-state index in [2.05, 4.69) is 37.2 Å². The molecule has 0 atom stereocenters. The molecule has 0 saturated heterocycles. The summed E-state index contributed by atoms with van der Waals surface area (Å²) in [6.45, 7) is -0.247. The lowest BCUT2D eigenvalue weighted by atomic mass is 10.3. The normalized spacial score (nSPS) is 14.9. The lowest BCUT2D eigenvalue weighted by Crippen LogP contribution is -2.34. The van der Waals surface area contributed by atoms with E-state index in [4.69, 9.17) is 5.11 Å². The number of hydrogen-bond acceptors (Lipinski definition) is 4. The van der Waals surface area contributed by atoms with Crippen LogP contribution in [-0.4, -0.2) is 35.0 Å². The fourth-order valence-corrected chi connectivity index (χ4v) is 2.99. The van der Waals surface area contributed by atoms with Gasteiger partial charge in [-0.1, -0.05) is 31.9 Å². The first kappa shape index (κ1) is 14.2. The van der Waals surface area contributed by atoms with E-state index in [0.29, 0.717) is 5.69 Å². The molecule has 5 nitrogen and oxygen atoms in total. The van der Waals surface area contributed by atoms with Crippen LogP contribution in [0.15, 0.2) is 38.9 Å². The Morgan fingerprint density at radius 2 is 1.79 bits per heavy atom. The third-order valence-corrected chi connectivity index (χ3v) is 3.39. The molecule has 1 aromatic rings. The molecule has 100 valence electrons. The molecular formula is C12H10Br2N2O3. The Labute approximate surface area is 126 Å². The molecule has 19 heavy (non-hydrogen) atoms. The molecule has 0 saturated carbocycles. The number of nitrogens with zero attached hydrogens (tertiary/aromatic N) is 1. The van der Waals surface area contributed by atoms with E-state index in [9.17, 15) is 9.59 Å². The van der Waals surface area contributed by atoms with Crippen LogP contribution in [0.1, 0.15) is 0 Å². The minimum absolute atomic E-state index is 0.00151. The molecule has 1 aliphatic rings. The van der Waals surface area contributed by atoms with Crippen LogP contribution in [0.3, 0.4) is 0 Å². The molecule has 0 aromatic heterocycles. The molecule has 1 heterocycles. The van der Waals surface area contributed by atoms with Crippen molar-refractivity contribution in [3.8, 4) is 0 Å². The van der Waals surface area contributed by atoms with Crippen molar-refractivity contribution in [3.63, 3.8) is 0 Å². The van der Waals surface area contributed by atoms with Crippen LogP contribution in [0.4, 0.5) is 5.69 Å². The Bertz CT molecular complexity index is 552. The number of rotatable bonds is 4. The molecule has 0 fully saturated rings. The largest absolute Gasteiger partial charge is 0.395 e. The van der Waals surface area contributed by atoms with Crippen LogP contribution in [0, 0.1) is 0 Å². The number of benzene rings is 1. The summed E-state index contributed by atoms with van der Waals surface area (Å²) in [5.74, 6) is -0.856. The smallest absolute Gasteiger partial charge is 0.277 e. The SMILES string of the molecule is O=C1C=C(Nc2cc(Br)cc(Br)c2)C(=O)N1CCO. The van der Waals surface area contributed by atoms with Gasteiger partial charge in [-0.05, 0) is 18.2 Å². The van der Waals surface area contributed by atoms with Gasteiger partial charge in [-0.15, -0.1) is 0 Å². The highest BCUT2D eigenvalue weighted by atomic mass is 79.9.